The topological polar surface area (TPSA) is 101 Å². The van der Waals surface area contributed by atoms with Crippen LogP contribution in [0, 0.1) is 6.92 Å². The lowest BCUT2D eigenvalue weighted by Gasteiger charge is -2.33. The third kappa shape index (κ3) is 2.89. The molecule has 1 aromatic heterocycles. The number of rotatable bonds is 3. The average Bonchev–Trinajstić information content (AvgIpc) is 3.20. The zero-order valence-corrected chi connectivity index (χ0v) is 16.9. The first kappa shape index (κ1) is 18.6. The molecule has 0 saturated carbocycles. The molecule has 152 valence electrons. The molecule has 1 fully saturated rings. The number of fused-ring (bicyclic) bond motifs is 3. The Labute approximate surface area is 175 Å². The van der Waals surface area contributed by atoms with Gasteiger partial charge in [-0.1, -0.05) is 18.2 Å². The van der Waals surface area contributed by atoms with Crippen LogP contribution in [0.1, 0.15) is 17.0 Å². The fraction of sp³-hybridized carbons (Fsp3) is 0.238. The molecule has 9 heteroatoms. The summed E-state index contributed by atoms with van der Waals surface area (Å²) < 4.78 is 6.58. The third-order valence-corrected chi connectivity index (χ3v) is 6.27. The molecule has 0 unspecified atom stereocenters. The first-order valence-electron chi connectivity index (χ1n) is 9.50. The predicted octanol–water partition coefficient (Wildman–Crippen LogP) is 2.77. The van der Waals surface area contributed by atoms with Crippen LogP contribution in [-0.2, 0) is 15.1 Å². The Morgan fingerprint density at radius 1 is 1.30 bits per heavy atom. The van der Waals surface area contributed by atoms with Crippen molar-refractivity contribution < 1.29 is 19.1 Å². The number of benzene rings is 2. The summed E-state index contributed by atoms with van der Waals surface area (Å²) in [5.41, 5.74) is 0.883. The molecule has 4 amide bonds. The molecule has 8 nitrogen and oxygen atoms in total. The van der Waals surface area contributed by atoms with E-state index in [9.17, 15) is 14.4 Å². The fourth-order valence-electron chi connectivity index (χ4n) is 3.98. The standard InChI is InChI=1S/C21H18N4O4S/c1-12-22-15-7-6-13(10-17(15)30-12)23-18(26)11-25-19(27)21(24-20(25)28)8-9-29-16-5-3-2-4-14(16)21/h2-7,10H,8-9,11H2,1H3,(H,23,26)(H,24,28)/t21-/m0/s1. The average molecular weight is 422 g/mol. The maximum absolute atomic E-state index is 13.2. The van der Waals surface area contributed by atoms with Crippen LogP contribution >= 0.6 is 11.3 Å². The minimum atomic E-state index is -1.19. The second kappa shape index (κ2) is 6.81. The SMILES string of the molecule is Cc1nc2ccc(NC(=O)CN3C(=O)N[C@]4(CCOc5ccccc54)C3=O)cc2s1. The van der Waals surface area contributed by atoms with Gasteiger partial charge in [-0.05, 0) is 31.2 Å². The van der Waals surface area contributed by atoms with Crippen LogP contribution in [0.2, 0.25) is 0 Å². The van der Waals surface area contributed by atoms with E-state index in [1.807, 2.05) is 25.1 Å². The van der Waals surface area contributed by atoms with Crippen LogP contribution in [0.3, 0.4) is 0 Å². The zero-order chi connectivity index (χ0) is 20.9. The van der Waals surface area contributed by atoms with Crippen molar-refractivity contribution in [3.05, 3.63) is 53.0 Å². The molecule has 2 aromatic carbocycles. The van der Waals surface area contributed by atoms with Crippen molar-refractivity contribution in [3.8, 4) is 5.75 Å². The molecular weight excluding hydrogens is 404 g/mol. The number of para-hydroxylation sites is 1. The number of imide groups is 1. The number of aryl methyl sites for hydroxylation is 1. The van der Waals surface area contributed by atoms with Crippen molar-refractivity contribution in [1.82, 2.24) is 15.2 Å². The molecular formula is C21H18N4O4S. The second-order valence-corrected chi connectivity index (χ2v) is 8.52. The molecule has 0 bridgehead atoms. The maximum Gasteiger partial charge on any atom is 0.325 e. The van der Waals surface area contributed by atoms with Gasteiger partial charge in [0.25, 0.3) is 5.91 Å². The molecule has 2 N–H and O–H groups in total. The van der Waals surface area contributed by atoms with E-state index in [4.69, 9.17) is 4.74 Å². The van der Waals surface area contributed by atoms with Gasteiger partial charge in [0.15, 0.2) is 5.54 Å². The molecule has 30 heavy (non-hydrogen) atoms. The quantitative estimate of drug-likeness (QED) is 0.632. The first-order chi connectivity index (χ1) is 14.5. The summed E-state index contributed by atoms with van der Waals surface area (Å²) in [5.74, 6) is -0.319. The number of carbonyl (C=O) groups is 3. The van der Waals surface area contributed by atoms with E-state index in [0.29, 0.717) is 30.0 Å². The van der Waals surface area contributed by atoms with E-state index in [-0.39, 0.29) is 6.54 Å². The lowest BCUT2D eigenvalue weighted by atomic mass is 9.84. The lowest BCUT2D eigenvalue weighted by Crippen LogP contribution is -2.48. The molecule has 0 aliphatic carbocycles. The normalized spacial score (nSPS) is 20.2. The van der Waals surface area contributed by atoms with Crippen LogP contribution in [0.4, 0.5) is 10.5 Å². The summed E-state index contributed by atoms with van der Waals surface area (Å²) in [4.78, 5) is 43.8. The Balaban J connectivity index is 1.35. The lowest BCUT2D eigenvalue weighted by molar-refractivity contribution is -0.135. The zero-order valence-electron chi connectivity index (χ0n) is 16.1. The maximum atomic E-state index is 13.2. The van der Waals surface area contributed by atoms with E-state index in [1.54, 1.807) is 24.3 Å². The number of carbonyl (C=O) groups excluding carboxylic acids is 3. The van der Waals surface area contributed by atoms with Crippen molar-refractivity contribution >= 4 is 45.1 Å². The molecule has 1 spiro atoms. The number of amides is 4. The molecule has 3 aromatic rings. The van der Waals surface area contributed by atoms with E-state index in [0.717, 1.165) is 20.1 Å². The van der Waals surface area contributed by atoms with Gasteiger partial charge in [-0.25, -0.2) is 9.78 Å². The van der Waals surface area contributed by atoms with Crippen LogP contribution in [0.25, 0.3) is 10.2 Å². The van der Waals surface area contributed by atoms with Gasteiger partial charge in [-0.2, -0.15) is 0 Å². The van der Waals surface area contributed by atoms with Crippen molar-refractivity contribution in [2.45, 2.75) is 18.9 Å². The van der Waals surface area contributed by atoms with Crippen molar-refractivity contribution in [2.75, 3.05) is 18.5 Å². The molecule has 2 aliphatic heterocycles. The highest BCUT2D eigenvalue weighted by atomic mass is 32.1. The number of anilines is 1. The Morgan fingerprint density at radius 2 is 2.13 bits per heavy atom. The van der Waals surface area contributed by atoms with Gasteiger partial charge in [-0.15, -0.1) is 11.3 Å². The highest BCUT2D eigenvalue weighted by Crippen LogP contribution is 2.40. The van der Waals surface area contributed by atoms with Crippen LogP contribution < -0.4 is 15.4 Å². The number of nitrogens with one attached hydrogen (secondary N) is 2. The van der Waals surface area contributed by atoms with E-state index < -0.39 is 23.4 Å². The van der Waals surface area contributed by atoms with E-state index in [1.165, 1.54) is 11.3 Å². The Bertz CT molecular complexity index is 1210. The molecule has 1 atom stereocenters. The molecule has 1 saturated heterocycles. The molecule has 3 heterocycles. The first-order valence-corrected chi connectivity index (χ1v) is 10.3. The summed E-state index contributed by atoms with van der Waals surface area (Å²) in [7, 11) is 0. The van der Waals surface area contributed by atoms with Gasteiger partial charge >= 0.3 is 6.03 Å². The number of thiazole rings is 1. The summed E-state index contributed by atoms with van der Waals surface area (Å²) in [6, 6.07) is 12.0. The van der Waals surface area contributed by atoms with Gasteiger partial charge < -0.3 is 15.4 Å². The predicted molar refractivity (Wildman–Crippen MR) is 111 cm³/mol. The summed E-state index contributed by atoms with van der Waals surface area (Å²) in [5, 5.41) is 6.50. The summed E-state index contributed by atoms with van der Waals surface area (Å²) in [6.45, 7) is 1.86. The van der Waals surface area contributed by atoms with Crippen molar-refractivity contribution in [1.29, 1.82) is 0 Å². The van der Waals surface area contributed by atoms with Gasteiger partial charge in [0.2, 0.25) is 5.91 Å². The molecule has 5 rings (SSSR count). The van der Waals surface area contributed by atoms with Crippen LogP contribution in [0.15, 0.2) is 42.5 Å². The fourth-order valence-corrected chi connectivity index (χ4v) is 4.84. The highest BCUT2D eigenvalue weighted by molar-refractivity contribution is 7.18. The van der Waals surface area contributed by atoms with Gasteiger partial charge in [0.1, 0.15) is 12.3 Å². The largest absolute Gasteiger partial charge is 0.493 e. The van der Waals surface area contributed by atoms with Crippen LogP contribution in [0.5, 0.6) is 5.75 Å². The van der Waals surface area contributed by atoms with Crippen molar-refractivity contribution in [2.24, 2.45) is 0 Å². The van der Waals surface area contributed by atoms with Gasteiger partial charge in [0, 0.05) is 17.7 Å². The number of hydrogen-bond acceptors (Lipinski definition) is 6. The number of nitrogens with zero attached hydrogens (tertiary/aromatic N) is 2. The third-order valence-electron chi connectivity index (χ3n) is 5.34. The smallest absolute Gasteiger partial charge is 0.325 e. The van der Waals surface area contributed by atoms with Crippen LogP contribution in [-0.4, -0.2) is 40.9 Å². The second-order valence-electron chi connectivity index (χ2n) is 7.28. The Hall–Kier alpha value is -3.46. The van der Waals surface area contributed by atoms with E-state index >= 15 is 0 Å². The Kier molecular flexibility index (Phi) is 4.21. The molecule has 2 aliphatic rings. The van der Waals surface area contributed by atoms with Gasteiger partial charge in [-0.3, -0.25) is 14.5 Å². The summed E-state index contributed by atoms with van der Waals surface area (Å²) in [6.07, 6.45) is 0.314. The number of aromatic nitrogens is 1. The van der Waals surface area contributed by atoms with Crippen molar-refractivity contribution in [3.63, 3.8) is 0 Å². The number of ether oxygens (including phenoxy) is 1. The highest BCUT2D eigenvalue weighted by Gasteiger charge is 2.55. The van der Waals surface area contributed by atoms with Gasteiger partial charge in [0.05, 0.1) is 21.8 Å². The monoisotopic (exact) mass is 422 g/mol. The Morgan fingerprint density at radius 3 is 3.00 bits per heavy atom. The number of hydrogen-bond donors (Lipinski definition) is 2. The minimum Gasteiger partial charge on any atom is -0.493 e. The number of urea groups is 1. The minimum absolute atomic E-state index is 0.303. The van der Waals surface area contributed by atoms with E-state index in [2.05, 4.69) is 15.6 Å². The molecule has 0 radical (unpaired) electrons. The summed E-state index contributed by atoms with van der Waals surface area (Å²) >= 11 is 1.53.